The van der Waals surface area contributed by atoms with E-state index in [1.54, 1.807) is 18.2 Å². The quantitative estimate of drug-likeness (QED) is 0.826. The molecule has 1 amide bonds. The molecule has 0 radical (unpaired) electrons. The van der Waals surface area contributed by atoms with E-state index in [0.29, 0.717) is 11.3 Å². The molecule has 0 atom stereocenters. The predicted octanol–water partition coefficient (Wildman–Crippen LogP) is 3.41. The summed E-state index contributed by atoms with van der Waals surface area (Å²) in [5, 5.41) is 2.95. The minimum Gasteiger partial charge on any atom is -0.326 e. The molecule has 0 unspecified atom stereocenters. The van der Waals surface area contributed by atoms with E-state index in [2.05, 4.69) is 12.2 Å². The van der Waals surface area contributed by atoms with Gasteiger partial charge in [0.2, 0.25) is 5.91 Å². The van der Waals surface area contributed by atoms with E-state index in [4.69, 9.17) is 0 Å². The topological polar surface area (TPSA) is 46.2 Å². The van der Waals surface area contributed by atoms with Crippen molar-refractivity contribution in [1.82, 2.24) is 0 Å². The van der Waals surface area contributed by atoms with Gasteiger partial charge in [0.05, 0.1) is 0 Å². The highest BCUT2D eigenvalue weighted by Gasteiger charge is 2.39. The Morgan fingerprint density at radius 1 is 1.39 bits per heavy atom. The number of rotatable bonds is 4. The lowest BCUT2D eigenvalue weighted by Crippen LogP contribution is -2.33. The first-order valence-electron chi connectivity index (χ1n) is 6.57. The lowest BCUT2D eigenvalue weighted by Gasteiger charge is -2.26. The molecule has 0 bridgehead atoms. The van der Waals surface area contributed by atoms with Crippen LogP contribution in [0.1, 0.15) is 49.4 Å². The van der Waals surface area contributed by atoms with Crippen LogP contribution in [0.3, 0.4) is 0 Å². The number of hydrogen-bond acceptors (Lipinski definition) is 2. The van der Waals surface area contributed by atoms with Crippen LogP contribution in [0.4, 0.5) is 5.69 Å². The van der Waals surface area contributed by atoms with Gasteiger partial charge in [0.1, 0.15) is 6.29 Å². The number of hydrogen-bond donors (Lipinski definition) is 1. The molecule has 1 aromatic rings. The molecule has 0 aromatic heterocycles. The van der Waals surface area contributed by atoms with Crippen molar-refractivity contribution in [3.05, 3.63) is 29.8 Å². The Morgan fingerprint density at radius 2 is 2.11 bits per heavy atom. The highest BCUT2D eigenvalue weighted by molar-refractivity contribution is 5.96. The zero-order chi connectivity index (χ0) is 13.0. The Hall–Kier alpha value is -1.64. The fourth-order valence-electron chi connectivity index (χ4n) is 2.75. The van der Waals surface area contributed by atoms with Crippen LogP contribution in [0.15, 0.2) is 24.3 Å². The van der Waals surface area contributed by atoms with Gasteiger partial charge in [-0.2, -0.15) is 0 Å². The van der Waals surface area contributed by atoms with Crippen LogP contribution in [0.25, 0.3) is 0 Å². The van der Waals surface area contributed by atoms with Crippen molar-refractivity contribution in [2.24, 2.45) is 5.41 Å². The first-order chi connectivity index (χ1) is 8.70. The number of aldehydes is 1. The molecule has 1 N–H and O–H groups in total. The lowest BCUT2D eigenvalue weighted by atomic mass is 9.82. The van der Waals surface area contributed by atoms with Gasteiger partial charge in [-0.1, -0.05) is 31.9 Å². The van der Waals surface area contributed by atoms with Crippen molar-refractivity contribution >= 4 is 17.9 Å². The number of carbonyl (C=O) groups excluding carboxylic acids is 2. The molecule has 1 aliphatic carbocycles. The summed E-state index contributed by atoms with van der Waals surface area (Å²) in [6, 6.07) is 7.05. The molecular weight excluding hydrogens is 226 g/mol. The normalized spacial score (nSPS) is 17.4. The van der Waals surface area contributed by atoms with Crippen LogP contribution >= 0.6 is 0 Å². The molecule has 1 saturated carbocycles. The molecule has 1 aliphatic rings. The fourth-order valence-corrected chi connectivity index (χ4v) is 2.75. The lowest BCUT2D eigenvalue weighted by molar-refractivity contribution is -0.125. The second kappa shape index (κ2) is 5.34. The van der Waals surface area contributed by atoms with Gasteiger partial charge < -0.3 is 5.32 Å². The summed E-state index contributed by atoms with van der Waals surface area (Å²) < 4.78 is 0. The third-order valence-corrected chi connectivity index (χ3v) is 4.00. The van der Waals surface area contributed by atoms with Gasteiger partial charge in [0.15, 0.2) is 0 Å². The molecular formula is C15H19NO2. The minimum atomic E-state index is -0.197. The van der Waals surface area contributed by atoms with Gasteiger partial charge in [-0.25, -0.2) is 0 Å². The van der Waals surface area contributed by atoms with Crippen LogP contribution < -0.4 is 5.32 Å². The van der Waals surface area contributed by atoms with Crippen LogP contribution in [0.2, 0.25) is 0 Å². The first kappa shape index (κ1) is 12.8. The van der Waals surface area contributed by atoms with Crippen molar-refractivity contribution in [1.29, 1.82) is 0 Å². The molecule has 0 heterocycles. The van der Waals surface area contributed by atoms with Gasteiger partial charge in [0.25, 0.3) is 0 Å². The third-order valence-electron chi connectivity index (χ3n) is 4.00. The molecule has 0 spiro atoms. The van der Waals surface area contributed by atoms with Crippen molar-refractivity contribution in [3.63, 3.8) is 0 Å². The van der Waals surface area contributed by atoms with E-state index in [9.17, 15) is 9.59 Å². The molecule has 3 nitrogen and oxygen atoms in total. The molecule has 0 aliphatic heterocycles. The average molecular weight is 245 g/mol. The Kier molecular flexibility index (Phi) is 3.80. The minimum absolute atomic E-state index is 0.102. The first-order valence-corrected chi connectivity index (χ1v) is 6.57. The number of amides is 1. The Balaban J connectivity index is 2.12. The van der Waals surface area contributed by atoms with E-state index in [1.807, 2.05) is 6.07 Å². The Labute approximate surface area is 108 Å². The zero-order valence-corrected chi connectivity index (χ0v) is 10.7. The van der Waals surface area contributed by atoms with Crippen molar-refractivity contribution < 1.29 is 9.59 Å². The average Bonchev–Trinajstić information content (AvgIpc) is 2.89. The molecule has 2 rings (SSSR count). The highest BCUT2D eigenvalue weighted by Crippen LogP contribution is 2.41. The second-order valence-corrected chi connectivity index (χ2v) is 5.04. The fraction of sp³-hybridized carbons (Fsp3) is 0.467. The number of benzene rings is 1. The zero-order valence-electron chi connectivity index (χ0n) is 10.7. The Morgan fingerprint density at radius 3 is 2.72 bits per heavy atom. The van der Waals surface area contributed by atoms with Gasteiger partial charge in [-0.3, -0.25) is 9.59 Å². The molecule has 1 aromatic carbocycles. The van der Waals surface area contributed by atoms with Crippen LogP contribution in [0, 0.1) is 5.41 Å². The molecule has 0 saturated heterocycles. The summed E-state index contributed by atoms with van der Waals surface area (Å²) in [6.45, 7) is 2.08. The maximum absolute atomic E-state index is 12.4. The SMILES string of the molecule is CCC1(C(=O)Nc2cccc(C=O)c2)CCCC1. The van der Waals surface area contributed by atoms with Gasteiger partial charge in [-0.15, -0.1) is 0 Å². The number of anilines is 1. The van der Waals surface area contributed by atoms with Gasteiger partial charge >= 0.3 is 0 Å². The maximum atomic E-state index is 12.4. The third kappa shape index (κ3) is 2.45. The molecule has 1 fully saturated rings. The standard InChI is InChI=1S/C15H19NO2/c1-2-15(8-3-4-9-15)14(18)16-13-7-5-6-12(10-13)11-17/h5-7,10-11H,2-4,8-9H2,1H3,(H,16,18). The van der Waals surface area contributed by atoms with E-state index in [-0.39, 0.29) is 11.3 Å². The number of carbonyl (C=O) groups is 2. The van der Waals surface area contributed by atoms with Crippen LogP contribution in [-0.4, -0.2) is 12.2 Å². The van der Waals surface area contributed by atoms with E-state index in [0.717, 1.165) is 38.4 Å². The summed E-state index contributed by atoms with van der Waals surface area (Å²) in [7, 11) is 0. The van der Waals surface area contributed by atoms with Crippen LogP contribution in [0.5, 0.6) is 0 Å². The summed E-state index contributed by atoms with van der Waals surface area (Å²) in [6.07, 6.45) is 5.89. The maximum Gasteiger partial charge on any atom is 0.230 e. The Bertz CT molecular complexity index is 448. The highest BCUT2D eigenvalue weighted by atomic mass is 16.2. The summed E-state index contributed by atoms with van der Waals surface area (Å²) in [5.41, 5.74) is 1.10. The second-order valence-electron chi connectivity index (χ2n) is 5.04. The summed E-state index contributed by atoms with van der Waals surface area (Å²) in [4.78, 5) is 23.1. The van der Waals surface area contributed by atoms with E-state index in [1.165, 1.54) is 0 Å². The van der Waals surface area contributed by atoms with E-state index >= 15 is 0 Å². The van der Waals surface area contributed by atoms with Gasteiger partial charge in [0, 0.05) is 16.7 Å². The largest absolute Gasteiger partial charge is 0.326 e. The van der Waals surface area contributed by atoms with Crippen molar-refractivity contribution in [2.45, 2.75) is 39.0 Å². The van der Waals surface area contributed by atoms with Gasteiger partial charge in [-0.05, 0) is 31.4 Å². The predicted molar refractivity (Wildman–Crippen MR) is 71.7 cm³/mol. The molecule has 3 heteroatoms. The molecule has 18 heavy (non-hydrogen) atoms. The summed E-state index contributed by atoms with van der Waals surface area (Å²) >= 11 is 0. The van der Waals surface area contributed by atoms with Crippen molar-refractivity contribution in [2.75, 3.05) is 5.32 Å². The monoisotopic (exact) mass is 245 g/mol. The smallest absolute Gasteiger partial charge is 0.230 e. The number of nitrogens with one attached hydrogen (secondary N) is 1. The molecule has 96 valence electrons. The van der Waals surface area contributed by atoms with Crippen LogP contribution in [-0.2, 0) is 4.79 Å². The summed E-state index contributed by atoms with van der Waals surface area (Å²) in [5.74, 6) is 0.102. The van der Waals surface area contributed by atoms with E-state index < -0.39 is 0 Å². The van der Waals surface area contributed by atoms with Crippen molar-refractivity contribution in [3.8, 4) is 0 Å².